The number of nitrogens with zero attached hydrogens (tertiary/aromatic N) is 1. The van der Waals surface area contributed by atoms with E-state index >= 15 is 0 Å². The predicted octanol–water partition coefficient (Wildman–Crippen LogP) is 6.51. The Labute approximate surface area is 180 Å². The van der Waals surface area contributed by atoms with Gasteiger partial charge in [0.2, 0.25) is 0 Å². The number of para-hydroxylation sites is 1. The second-order valence-electron chi connectivity index (χ2n) is 6.90. The average Bonchev–Trinajstić information content (AvgIpc) is 2.77. The van der Waals surface area contributed by atoms with Crippen LogP contribution in [-0.4, -0.2) is 17.5 Å². The van der Waals surface area contributed by atoms with Gasteiger partial charge in [0.05, 0.1) is 23.4 Å². The van der Waals surface area contributed by atoms with Gasteiger partial charge in [0, 0.05) is 21.7 Å². The largest absolute Gasteiger partial charge is 0.494 e. The number of rotatable bonds is 5. The summed E-state index contributed by atoms with van der Waals surface area (Å²) in [4.78, 5) is 18.0. The van der Waals surface area contributed by atoms with E-state index in [-0.39, 0.29) is 5.91 Å². The molecule has 1 aromatic heterocycles. The van der Waals surface area contributed by atoms with E-state index in [1.807, 2.05) is 80.6 Å². The molecular formula is C25H21ClN2O2. The molecule has 5 heteroatoms. The lowest BCUT2D eigenvalue weighted by Crippen LogP contribution is -2.14. The third-order valence-corrected chi connectivity index (χ3v) is 5.35. The molecule has 4 rings (SSSR count). The van der Waals surface area contributed by atoms with Gasteiger partial charge in [-0.2, -0.15) is 0 Å². The van der Waals surface area contributed by atoms with Gasteiger partial charge in [0.15, 0.2) is 0 Å². The third kappa shape index (κ3) is 4.00. The number of benzene rings is 3. The fraction of sp³-hybridized carbons (Fsp3) is 0.120. The fourth-order valence-corrected chi connectivity index (χ4v) is 3.51. The minimum absolute atomic E-state index is 0.203. The third-order valence-electron chi connectivity index (χ3n) is 4.94. The van der Waals surface area contributed by atoms with E-state index in [1.54, 1.807) is 6.07 Å². The highest BCUT2D eigenvalue weighted by atomic mass is 35.5. The molecule has 1 heterocycles. The summed E-state index contributed by atoms with van der Waals surface area (Å²) in [5.41, 5.74) is 4.48. The zero-order valence-electron chi connectivity index (χ0n) is 16.8. The summed E-state index contributed by atoms with van der Waals surface area (Å²) in [6.07, 6.45) is 0. The lowest BCUT2D eigenvalue weighted by molar-refractivity contribution is 0.102. The number of ether oxygens (including phenoxy) is 1. The van der Waals surface area contributed by atoms with Gasteiger partial charge >= 0.3 is 0 Å². The molecule has 4 aromatic rings. The highest BCUT2D eigenvalue weighted by molar-refractivity contribution is 6.31. The molecule has 0 aliphatic heterocycles. The molecule has 0 fully saturated rings. The van der Waals surface area contributed by atoms with Crippen LogP contribution in [0.2, 0.25) is 5.02 Å². The molecule has 0 aliphatic rings. The number of halogens is 1. The molecule has 1 amide bonds. The Bertz CT molecular complexity index is 1220. The van der Waals surface area contributed by atoms with Crippen LogP contribution in [0.25, 0.3) is 22.2 Å². The molecule has 4 nitrogen and oxygen atoms in total. The zero-order valence-corrected chi connectivity index (χ0v) is 17.5. The smallest absolute Gasteiger partial charge is 0.256 e. The van der Waals surface area contributed by atoms with Crippen molar-refractivity contribution in [2.45, 2.75) is 13.8 Å². The van der Waals surface area contributed by atoms with E-state index in [2.05, 4.69) is 5.32 Å². The van der Waals surface area contributed by atoms with Crippen molar-refractivity contribution in [2.24, 2.45) is 0 Å². The van der Waals surface area contributed by atoms with Crippen LogP contribution in [0.3, 0.4) is 0 Å². The van der Waals surface area contributed by atoms with Crippen molar-refractivity contribution < 1.29 is 9.53 Å². The van der Waals surface area contributed by atoms with Crippen LogP contribution in [0.5, 0.6) is 5.75 Å². The first-order valence-electron chi connectivity index (χ1n) is 9.76. The van der Waals surface area contributed by atoms with E-state index in [9.17, 15) is 4.79 Å². The van der Waals surface area contributed by atoms with E-state index in [0.717, 1.165) is 33.5 Å². The quantitative estimate of drug-likeness (QED) is 0.403. The van der Waals surface area contributed by atoms with Gasteiger partial charge in [0.1, 0.15) is 5.75 Å². The number of pyridine rings is 1. The first kappa shape index (κ1) is 19.9. The summed E-state index contributed by atoms with van der Waals surface area (Å²) in [5, 5.41) is 4.40. The Morgan fingerprint density at radius 3 is 2.57 bits per heavy atom. The summed E-state index contributed by atoms with van der Waals surface area (Å²) in [5.74, 6) is 0.600. The monoisotopic (exact) mass is 416 g/mol. The number of carbonyl (C=O) groups is 1. The van der Waals surface area contributed by atoms with Gasteiger partial charge in [-0.25, -0.2) is 4.98 Å². The Hall–Kier alpha value is -3.37. The molecular weight excluding hydrogens is 396 g/mol. The molecule has 0 spiro atoms. The molecule has 0 unspecified atom stereocenters. The maximum atomic E-state index is 13.2. The number of anilines is 1. The molecule has 0 radical (unpaired) electrons. The van der Waals surface area contributed by atoms with Crippen LogP contribution in [0, 0.1) is 6.92 Å². The number of carbonyl (C=O) groups excluding carboxylic acids is 1. The minimum atomic E-state index is -0.203. The summed E-state index contributed by atoms with van der Waals surface area (Å²) in [7, 11) is 0. The van der Waals surface area contributed by atoms with E-state index in [0.29, 0.717) is 22.9 Å². The first-order chi connectivity index (χ1) is 14.6. The number of amides is 1. The molecule has 3 aromatic carbocycles. The molecule has 1 N–H and O–H groups in total. The first-order valence-corrected chi connectivity index (χ1v) is 10.1. The van der Waals surface area contributed by atoms with Gasteiger partial charge < -0.3 is 10.1 Å². The Morgan fingerprint density at radius 1 is 1.03 bits per heavy atom. The topological polar surface area (TPSA) is 51.2 Å². The molecule has 150 valence electrons. The Balaban J connectivity index is 1.76. The number of fused-ring (bicyclic) bond motifs is 1. The van der Waals surface area contributed by atoms with Crippen LogP contribution in [0.15, 0.2) is 72.8 Å². The zero-order chi connectivity index (χ0) is 21.1. The maximum absolute atomic E-state index is 13.2. The van der Waals surface area contributed by atoms with Crippen molar-refractivity contribution >= 4 is 34.1 Å². The molecule has 0 saturated heterocycles. The van der Waals surface area contributed by atoms with E-state index in [1.165, 1.54) is 0 Å². The summed E-state index contributed by atoms with van der Waals surface area (Å²) in [6, 6.07) is 22.6. The van der Waals surface area contributed by atoms with Crippen LogP contribution < -0.4 is 10.1 Å². The fourth-order valence-electron chi connectivity index (χ4n) is 3.33. The van der Waals surface area contributed by atoms with Crippen LogP contribution in [0.1, 0.15) is 22.8 Å². The van der Waals surface area contributed by atoms with Crippen molar-refractivity contribution in [3.8, 4) is 17.0 Å². The Morgan fingerprint density at radius 2 is 1.80 bits per heavy atom. The lowest BCUT2D eigenvalue weighted by Gasteiger charge is -2.13. The van der Waals surface area contributed by atoms with Crippen molar-refractivity contribution in [3.05, 3.63) is 88.9 Å². The van der Waals surface area contributed by atoms with Crippen molar-refractivity contribution in [1.82, 2.24) is 4.98 Å². The molecule has 0 bridgehead atoms. The highest BCUT2D eigenvalue weighted by Crippen LogP contribution is 2.28. The standard InChI is InChI=1S/C25H21ClN2O2/c1-3-30-18-13-11-17(12-14-18)24-15-20(19-7-4-5-9-23(19)27-24)25(29)28-22-10-6-8-21(26)16(22)2/h4-15H,3H2,1-2H3,(H,28,29). The SMILES string of the molecule is CCOc1ccc(-c2cc(C(=O)Nc3cccc(Cl)c3C)c3ccccc3n2)cc1. The number of nitrogens with one attached hydrogen (secondary N) is 1. The normalized spacial score (nSPS) is 10.8. The van der Waals surface area contributed by atoms with Gasteiger partial charge in [0.25, 0.3) is 5.91 Å². The second-order valence-corrected chi connectivity index (χ2v) is 7.30. The van der Waals surface area contributed by atoms with Crippen LogP contribution in [0.4, 0.5) is 5.69 Å². The Kier molecular flexibility index (Phi) is 5.68. The average molecular weight is 417 g/mol. The van der Waals surface area contributed by atoms with Crippen LogP contribution >= 0.6 is 11.6 Å². The number of aromatic nitrogens is 1. The van der Waals surface area contributed by atoms with Gasteiger partial charge in [-0.3, -0.25) is 4.79 Å². The molecule has 0 atom stereocenters. The van der Waals surface area contributed by atoms with Gasteiger partial charge in [-0.05, 0) is 67.9 Å². The summed E-state index contributed by atoms with van der Waals surface area (Å²) < 4.78 is 5.52. The van der Waals surface area contributed by atoms with Crippen molar-refractivity contribution in [2.75, 3.05) is 11.9 Å². The van der Waals surface area contributed by atoms with E-state index < -0.39 is 0 Å². The van der Waals surface area contributed by atoms with Crippen molar-refractivity contribution in [3.63, 3.8) is 0 Å². The molecule has 0 aliphatic carbocycles. The lowest BCUT2D eigenvalue weighted by atomic mass is 10.0. The number of hydrogen-bond acceptors (Lipinski definition) is 3. The van der Waals surface area contributed by atoms with Crippen LogP contribution in [-0.2, 0) is 0 Å². The van der Waals surface area contributed by atoms with E-state index in [4.69, 9.17) is 21.3 Å². The molecule has 30 heavy (non-hydrogen) atoms. The highest BCUT2D eigenvalue weighted by Gasteiger charge is 2.15. The second kappa shape index (κ2) is 8.56. The van der Waals surface area contributed by atoms with Crippen molar-refractivity contribution in [1.29, 1.82) is 0 Å². The molecule has 0 saturated carbocycles. The minimum Gasteiger partial charge on any atom is -0.494 e. The summed E-state index contributed by atoms with van der Waals surface area (Å²) >= 11 is 6.21. The number of hydrogen-bond donors (Lipinski definition) is 1. The maximum Gasteiger partial charge on any atom is 0.256 e. The predicted molar refractivity (Wildman–Crippen MR) is 122 cm³/mol. The van der Waals surface area contributed by atoms with Gasteiger partial charge in [-0.15, -0.1) is 0 Å². The summed E-state index contributed by atoms with van der Waals surface area (Å²) in [6.45, 7) is 4.44. The van der Waals surface area contributed by atoms with Gasteiger partial charge in [-0.1, -0.05) is 35.9 Å².